The second kappa shape index (κ2) is 4.72. The number of carboxylic acids is 1. The number of thiazole rings is 1. The summed E-state index contributed by atoms with van der Waals surface area (Å²) in [4.78, 5) is 20.0. The molecule has 102 valence electrons. The smallest absolute Gasteiger partial charge is 0.356 e. The second-order valence-corrected chi connectivity index (χ2v) is 5.65. The van der Waals surface area contributed by atoms with E-state index in [0.29, 0.717) is 17.8 Å². The summed E-state index contributed by atoms with van der Waals surface area (Å²) in [7, 11) is 0. The third-order valence-electron chi connectivity index (χ3n) is 3.07. The molecule has 3 aromatic heterocycles. The van der Waals surface area contributed by atoms with Gasteiger partial charge in [-0.1, -0.05) is 0 Å². The van der Waals surface area contributed by atoms with Gasteiger partial charge in [0, 0.05) is 23.7 Å². The van der Waals surface area contributed by atoms with Gasteiger partial charge in [-0.25, -0.2) is 14.8 Å². The van der Waals surface area contributed by atoms with Crippen molar-refractivity contribution in [3.8, 4) is 0 Å². The van der Waals surface area contributed by atoms with Crippen molar-refractivity contribution in [1.29, 1.82) is 0 Å². The number of hydrogen-bond donors (Lipinski definition) is 1. The number of rotatable bonds is 3. The van der Waals surface area contributed by atoms with E-state index in [0.717, 1.165) is 16.3 Å². The maximum Gasteiger partial charge on any atom is 0.356 e. The highest BCUT2D eigenvalue weighted by molar-refractivity contribution is 7.09. The van der Waals surface area contributed by atoms with Crippen LogP contribution in [0.4, 0.5) is 0 Å². The highest BCUT2D eigenvalue weighted by atomic mass is 32.1. The minimum atomic E-state index is -1.00. The van der Waals surface area contributed by atoms with E-state index in [9.17, 15) is 9.90 Å². The van der Waals surface area contributed by atoms with Crippen LogP contribution in [0.2, 0.25) is 0 Å². The average molecular weight is 287 g/mol. The fourth-order valence-corrected chi connectivity index (χ4v) is 2.94. The lowest BCUT2D eigenvalue weighted by atomic mass is 10.2. The SMILES string of the molecule is Cc1ccn2c(Cc3nc(C)cs3)c(C(=O)O)nc2c1. The maximum absolute atomic E-state index is 11.4. The van der Waals surface area contributed by atoms with E-state index in [-0.39, 0.29) is 5.69 Å². The number of pyridine rings is 1. The molecule has 20 heavy (non-hydrogen) atoms. The second-order valence-electron chi connectivity index (χ2n) is 4.70. The van der Waals surface area contributed by atoms with Gasteiger partial charge in [-0.05, 0) is 31.5 Å². The number of hydrogen-bond acceptors (Lipinski definition) is 4. The summed E-state index contributed by atoms with van der Waals surface area (Å²) < 4.78 is 1.83. The fraction of sp³-hybridized carbons (Fsp3) is 0.214. The lowest BCUT2D eigenvalue weighted by Crippen LogP contribution is -2.04. The zero-order valence-corrected chi connectivity index (χ0v) is 11.9. The highest BCUT2D eigenvalue weighted by Gasteiger charge is 2.19. The van der Waals surface area contributed by atoms with Crippen molar-refractivity contribution < 1.29 is 9.90 Å². The highest BCUT2D eigenvalue weighted by Crippen LogP contribution is 2.20. The number of carbonyl (C=O) groups is 1. The van der Waals surface area contributed by atoms with Crippen LogP contribution >= 0.6 is 11.3 Å². The summed E-state index contributed by atoms with van der Waals surface area (Å²) in [5, 5.41) is 12.2. The molecule has 0 atom stereocenters. The van der Waals surface area contributed by atoms with Crippen LogP contribution in [0.1, 0.15) is 32.4 Å². The number of nitrogens with zero attached hydrogens (tertiary/aromatic N) is 3. The van der Waals surface area contributed by atoms with E-state index < -0.39 is 5.97 Å². The number of carboxylic acid groups (broad SMARTS) is 1. The average Bonchev–Trinajstić information content (AvgIpc) is 2.94. The first-order valence-corrected chi connectivity index (χ1v) is 7.04. The van der Waals surface area contributed by atoms with Gasteiger partial charge in [0.25, 0.3) is 0 Å². The largest absolute Gasteiger partial charge is 0.476 e. The van der Waals surface area contributed by atoms with Gasteiger partial charge in [-0.15, -0.1) is 11.3 Å². The number of fused-ring (bicyclic) bond motifs is 1. The van der Waals surface area contributed by atoms with Crippen LogP contribution in [0.15, 0.2) is 23.7 Å². The van der Waals surface area contributed by atoms with Gasteiger partial charge >= 0.3 is 5.97 Å². The molecule has 5 nitrogen and oxygen atoms in total. The number of aromatic carboxylic acids is 1. The predicted molar refractivity (Wildman–Crippen MR) is 76.5 cm³/mol. The minimum absolute atomic E-state index is 0.100. The Balaban J connectivity index is 2.16. The number of aromatic nitrogens is 3. The standard InChI is InChI=1S/C14H13N3O2S/c1-8-3-4-17-10(6-12-15-9(2)7-20-12)13(14(18)19)16-11(17)5-8/h3-5,7H,6H2,1-2H3,(H,18,19). The van der Waals surface area contributed by atoms with Crippen LogP contribution in [0.5, 0.6) is 0 Å². The van der Waals surface area contributed by atoms with Crippen LogP contribution in [-0.4, -0.2) is 25.4 Å². The minimum Gasteiger partial charge on any atom is -0.476 e. The van der Waals surface area contributed by atoms with Gasteiger partial charge in [0.15, 0.2) is 5.69 Å². The third kappa shape index (κ3) is 2.18. The molecule has 3 rings (SSSR count). The van der Waals surface area contributed by atoms with Crippen molar-refractivity contribution in [3.05, 3.63) is 51.4 Å². The number of aryl methyl sites for hydroxylation is 2. The van der Waals surface area contributed by atoms with Gasteiger partial charge in [0.2, 0.25) is 0 Å². The van der Waals surface area contributed by atoms with E-state index in [1.54, 1.807) is 0 Å². The molecule has 0 saturated heterocycles. The van der Waals surface area contributed by atoms with E-state index in [4.69, 9.17) is 0 Å². The quantitative estimate of drug-likeness (QED) is 0.804. The van der Waals surface area contributed by atoms with E-state index in [1.807, 2.05) is 42.0 Å². The van der Waals surface area contributed by atoms with Crippen molar-refractivity contribution >= 4 is 23.0 Å². The maximum atomic E-state index is 11.4. The van der Waals surface area contributed by atoms with Crippen LogP contribution in [0.25, 0.3) is 5.65 Å². The molecule has 3 aromatic rings. The lowest BCUT2D eigenvalue weighted by molar-refractivity contribution is 0.0690. The first-order chi connectivity index (χ1) is 9.54. The van der Waals surface area contributed by atoms with Crippen LogP contribution in [-0.2, 0) is 6.42 Å². The molecule has 0 spiro atoms. The van der Waals surface area contributed by atoms with Crippen molar-refractivity contribution in [2.24, 2.45) is 0 Å². The van der Waals surface area contributed by atoms with E-state index >= 15 is 0 Å². The van der Waals surface area contributed by atoms with Crippen molar-refractivity contribution in [1.82, 2.24) is 14.4 Å². The summed E-state index contributed by atoms with van der Waals surface area (Å²) >= 11 is 1.53. The molecule has 0 unspecified atom stereocenters. The Morgan fingerprint density at radius 1 is 1.40 bits per heavy atom. The molecule has 6 heteroatoms. The molecule has 0 radical (unpaired) electrons. The summed E-state index contributed by atoms with van der Waals surface area (Å²) in [6.07, 6.45) is 2.34. The first kappa shape index (κ1) is 12.8. The molecular formula is C14H13N3O2S. The molecule has 0 aromatic carbocycles. The zero-order chi connectivity index (χ0) is 14.3. The summed E-state index contributed by atoms with van der Waals surface area (Å²) in [6, 6.07) is 3.82. The van der Waals surface area contributed by atoms with Crippen molar-refractivity contribution in [2.45, 2.75) is 20.3 Å². The van der Waals surface area contributed by atoms with Crippen LogP contribution in [0.3, 0.4) is 0 Å². The Bertz CT molecular complexity index is 804. The molecule has 0 saturated carbocycles. The molecule has 0 fully saturated rings. The van der Waals surface area contributed by atoms with Gasteiger partial charge < -0.3 is 9.51 Å². The van der Waals surface area contributed by atoms with Gasteiger partial charge in [-0.2, -0.15) is 0 Å². The Morgan fingerprint density at radius 2 is 2.20 bits per heavy atom. The first-order valence-electron chi connectivity index (χ1n) is 6.16. The molecule has 0 aliphatic carbocycles. The van der Waals surface area contributed by atoms with Gasteiger partial charge in [0.1, 0.15) is 5.65 Å². The molecule has 0 aliphatic heterocycles. The van der Waals surface area contributed by atoms with Crippen molar-refractivity contribution in [2.75, 3.05) is 0 Å². The monoisotopic (exact) mass is 287 g/mol. The molecule has 3 heterocycles. The lowest BCUT2D eigenvalue weighted by Gasteiger charge is -2.01. The van der Waals surface area contributed by atoms with Crippen LogP contribution < -0.4 is 0 Å². The topological polar surface area (TPSA) is 67.5 Å². The van der Waals surface area contributed by atoms with Crippen molar-refractivity contribution in [3.63, 3.8) is 0 Å². The number of imidazole rings is 1. The Morgan fingerprint density at radius 3 is 2.85 bits per heavy atom. The van der Waals surface area contributed by atoms with Gasteiger partial charge in [-0.3, -0.25) is 0 Å². The Kier molecular flexibility index (Phi) is 3.02. The zero-order valence-electron chi connectivity index (χ0n) is 11.1. The Labute approximate surface area is 119 Å². The molecule has 0 aliphatic rings. The Hall–Kier alpha value is -2.21. The molecule has 0 amide bonds. The van der Waals surface area contributed by atoms with Crippen LogP contribution in [0, 0.1) is 13.8 Å². The third-order valence-corrected chi connectivity index (χ3v) is 4.04. The van der Waals surface area contributed by atoms with Gasteiger partial charge in [0.05, 0.1) is 10.7 Å². The molecule has 0 bridgehead atoms. The summed E-state index contributed by atoms with van der Waals surface area (Å²) in [5.74, 6) is -1.00. The normalized spacial score (nSPS) is 11.1. The fourth-order valence-electron chi connectivity index (χ4n) is 2.16. The predicted octanol–water partition coefficient (Wildman–Crippen LogP) is 2.70. The van der Waals surface area contributed by atoms with E-state index in [1.165, 1.54) is 11.3 Å². The molecule has 1 N–H and O–H groups in total. The summed E-state index contributed by atoms with van der Waals surface area (Å²) in [5.41, 5.74) is 3.43. The summed E-state index contributed by atoms with van der Waals surface area (Å²) in [6.45, 7) is 3.88. The van der Waals surface area contributed by atoms with E-state index in [2.05, 4.69) is 9.97 Å². The molecular weight excluding hydrogens is 274 g/mol.